The van der Waals surface area contributed by atoms with Crippen LogP contribution in [0.5, 0.6) is 11.5 Å². The third-order valence-corrected chi connectivity index (χ3v) is 4.01. The van der Waals surface area contributed by atoms with Gasteiger partial charge in [-0.2, -0.15) is 11.8 Å². The average Bonchev–Trinajstić information content (AvgIpc) is 2.58. The van der Waals surface area contributed by atoms with Crippen molar-refractivity contribution in [2.45, 2.75) is 18.9 Å². The van der Waals surface area contributed by atoms with Crippen molar-refractivity contribution in [2.24, 2.45) is 0 Å². The minimum absolute atomic E-state index is 0.385. The second-order valence-corrected chi connectivity index (χ2v) is 6.00. The standard InChI is InChI=1S/C16H24N2O5S/c1-22-13-5-4-11(10-14(13)23-2)6-8-17-16(21)18-12(15(19)20)7-9-24-3/h4-5,10,12H,6-9H2,1-3H3,(H,19,20)(H2,17,18,21). The van der Waals surface area contributed by atoms with Crippen molar-refractivity contribution in [1.29, 1.82) is 0 Å². The van der Waals surface area contributed by atoms with Crippen LogP contribution >= 0.6 is 11.8 Å². The summed E-state index contributed by atoms with van der Waals surface area (Å²) in [4.78, 5) is 22.9. The van der Waals surface area contributed by atoms with Gasteiger partial charge in [0.25, 0.3) is 0 Å². The van der Waals surface area contributed by atoms with E-state index in [0.29, 0.717) is 36.6 Å². The number of benzene rings is 1. The van der Waals surface area contributed by atoms with Gasteiger partial charge in [-0.15, -0.1) is 0 Å². The summed E-state index contributed by atoms with van der Waals surface area (Å²) in [6.07, 6.45) is 2.87. The van der Waals surface area contributed by atoms with Crippen LogP contribution in [0.4, 0.5) is 4.79 Å². The number of hydrogen-bond donors (Lipinski definition) is 3. The number of carboxylic acid groups (broad SMARTS) is 1. The SMILES string of the molecule is COc1ccc(CCNC(=O)NC(CCSC)C(=O)O)cc1OC. The first-order chi connectivity index (χ1) is 11.5. The van der Waals surface area contributed by atoms with E-state index >= 15 is 0 Å². The van der Waals surface area contributed by atoms with Crippen LogP contribution in [-0.4, -0.2) is 55.9 Å². The molecule has 3 N–H and O–H groups in total. The van der Waals surface area contributed by atoms with Crippen LogP contribution in [0.1, 0.15) is 12.0 Å². The molecule has 134 valence electrons. The summed E-state index contributed by atoms with van der Waals surface area (Å²) in [5.74, 6) is 0.912. The van der Waals surface area contributed by atoms with Crippen molar-refractivity contribution in [3.63, 3.8) is 0 Å². The molecule has 0 aliphatic rings. The van der Waals surface area contributed by atoms with E-state index in [9.17, 15) is 9.59 Å². The Kier molecular flexibility index (Phi) is 8.85. The Bertz CT molecular complexity index is 553. The molecule has 2 amide bonds. The Morgan fingerprint density at radius 1 is 1.25 bits per heavy atom. The molecule has 8 heteroatoms. The number of carbonyl (C=O) groups excluding carboxylic acids is 1. The summed E-state index contributed by atoms with van der Waals surface area (Å²) in [5, 5.41) is 14.2. The van der Waals surface area contributed by atoms with Crippen LogP contribution in [0.15, 0.2) is 18.2 Å². The van der Waals surface area contributed by atoms with E-state index < -0.39 is 18.0 Å². The zero-order valence-corrected chi connectivity index (χ0v) is 14.9. The van der Waals surface area contributed by atoms with E-state index in [0.717, 1.165) is 5.56 Å². The molecule has 0 aliphatic carbocycles. The lowest BCUT2D eigenvalue weighted by molar-refractivity contribution is -0.139. The lowest BCUT2D eigenvalue weighted by Crippen LogP contribution is -2.46. The molecule has 24 heavy (non-hydrogen) atoms. The van der Waals surface area contributed by atoms with Gasteiger partial charge in [0.1, 0.15) is 6.04 Å². The smallest absolute Gasteiger partial charge is 0.326 e. The van der Waals surface area contributed by atoms with Crippen molar-refractivity contribution < 1.29 is 24.2 Å². The maximum atomic E-state index is 11.8. The van der Waals surface area contributed by atoms with E-state index in [1.807, 2.05) is 18.4 Å². The molecule has 0 radical (unpaired) electrons. The number of carboxylic acids is 1. The molecule has 1 atom stereocenters. The summed E-state index contributed by atoms with van der Waals surface area (Å²) in [6.45, 7) is 0.385. The number of urea groups is 1. The Labute approximate surface area is 146 Å². The number of rotatable bonds is 10. The molecule has 1 rings (SSSR count). The molecule has 1 unspecified atom stereocenters. The van der Waals surface area contributed by atoms with Gasteiger partial charge in [-0.3, -0.25) is 0 Å². The Morgan fingerprint density at radius 3 is 2.54 bits per heavy atom. The van der Waals surface area contributed by atoms with Gasteiger partial charge in [-0.1, -0.05) is 6.07 Å². The van der Waals surface area contributed by atoms with Crippen LogP contribution in [0, 0.1) is 0 Å². The van der Waals surface area contributed by atoms with Gasteiger partial charge in [-0.25, -0.2) is 9.59 Å². The van der Waals surface area contributed by atoms with Gasteiger partial charge in [0, 0.05) is 6.54 Å². The largest absolute Gasteiger partial charge is 0.493 e. The predicted octanol–water partition coefficient (Wildman–Crippen LogP) is 1.75. The average molecular weight is 356 g/mol. The van der Waals surface area contributed by atoms with Gasteiger partial charge in [0.05, 0.1) is 14.2 Å². The Hall–Kier alpha value is -2.09. The highest BCUT2D eigenvalue weighted by atomic mass is 32.2. The minimum atomic E-state index is -1.03. The predicted molar refractivity (Wildman–Crippen MR) is 94.2 cm³/mol. The second kappa shape index (κ2) is 10.6. The number of ether oxygens (including phenoxy) is 2. The molecule has 0 aromatic heterocycles. The number of thioether (sulfide) groups is 1. The zero-order chi connectivity index (χ0) is 17.9. The van der Waals surface area contributed by atoms with E-state index in [1.54, 1.807) is 20.3 Å². The van der Waals surface area contributed by atoms with E-state index in [-0.39, 0.29) is 0 Å². The van der Waals surface area contributed by atoms with Crippen molar-refractivity contribution in [1.82, 2.24) is 10.6 Å². The van der Waals surface area contributed by atoms with Crippen LogP contribution in [-0.2, 0) is 11.2 Å². The third kappa shape index (κ3) is 6.57. The van der Waals surface area contributed by atoms with E-state index in [1.165, 1.54) is 11.8 Å². The number of methoxy groups -OCH3 is 2. The molecule has 0 bridgehead atoms. The van der Waals surface area contributed by atoms with E-state index in [2.05, 4.69) is 10.6 Å². The first kappa shape index (κ1) is 20.0. The summed E-state index contributed by atoms with van der Waals surface area (Å²) in [7, 11) is 3.13. The van der Waals surface area contributed by atoms with Crippen LogP contribution in [0.3, 0.4) is 0 Å². The number of aliphatic carboxylic acids is 1. The topological polar surface area (TPSA) is 96.9 Å². The van der Waals surface area contributed by atoms with Gasteiger partial charge in [0.2, 0.25) is 0 Å². The van der Waals surface area contributed by atoms with Crippen LogP contribution in [0.25, 0.3) is 0 Å². The Morgan fingerprint density at radius 2 is 1.96 bits per heavy atom. The van der Waals surface area contributed by atoms with Crippen molar-refractivity contribution in [3.05, 3.63) is 23.8 Å². The summed E-state index contributed by atoms with van der Waals surface area (Å²) < 4.78 is 10.4. The number of nitrogens with one attached hydrogen (secondary N) is 2. The second-order valence-electron chi connectivity index (χ2n) is 5.01. The molecule has 0 spiro atoms. The highest BCUT2D eigenvalue weighted by Crippen LogP contribution is 2.27. The number of amides is 2. The quantitative estimate of drug-likeness (QED) is 0.591. The fourth-order valence-electron chi connectivity index (χ4n) is 2.06. The van der Waals surface area contributed by atoms with Crippen molar-refractivity contribution in [2.75, 3.05) is 32.8 Å². The first-order valence-corrected chi connectivity index (χ1v) is 8.88. The number of carbonyl (C=O) groups is 2. The Balaban J connectivity index is 2.46. The van der Waals surface area contributed by atoms with Crippen molar-refractivity contribution >= 4 is 23.8 Å². The summed E-state index contributed by atoms with van der Waals surface area (Å²) in [5.41, 5.74) is 0.977. The number of hydrogen-bond acceptors (Lipinski definition) is 5. The molecule has 1 aromatic rings. The monoisotopic (exact) mass is 356 g/mol. The minimum Gasteiger partial charge on any atom is -0.493 e. The third-order valence-electron chi connectivity index (χ3n) is 3.36. The van der Waals surface area contributed by atoms with Crippen LogP contribution in [0.2, 0.25) is 0 Å². The highest BCUT2D eigenvalue weighted by molar-refractivity contribution is 7.98. The highest BCUT2D eigenvalue weighted by Gasteiger charge is 2.18. The molecule has 0 saturated carbocycles. The lowest BCUT2D eigenvalue weighted by Gasteiger charge is -2.15. The summed E-state index contributed by atoms with van der Waals surface area (Å²) >= 11 is 1.54. The van der Waals surface area contributed by atoms with E-state index in [4.69, 9.17) is 14.6 Å². The van der Waals surface area contributed by atoms with Crippen molar-refractivity contribution in [3.8, 4) is 11.5 Å². The molecule has 0 aliphatic heterocycles. The molecular weight excluding hydrogens is 332 g/mol. The molecule has 0 heterocycles. The van der Waals surface area contributed by atoms with Gasteiger partial charge in [-0.05, 0) is 42.5 Å². The molecule has 0 fully saturated rings. The van der Waals surface area contributed by atoms with Crippen LogP contribution < -0.4 is 20.1 Å². The fraction of sp³-hybridized carbons (Fsp3) is 0.500. The maximum absolute atomic E-state index is 11.8. The molecule has 0 saturated heterocycles. The van der Waals surface area contributed by atoms with Gasteiger partial charge < -0.3 is 25.2 Å². The lowest BCUT2D eigenvalue weighted by atomic mass is 10.1. The fourth-order valence-corrected chi connectivity index (χ4v) is 2.53. The molecule has 7 nitrogen and oxygen atoms in total. The maximum Gasteiger partial charge on any atom is 0.326 e. The molecule has 1 aromatic carbocycles. The van der Waals surface area contributed by atoms with Gasteiger partial charge >= 0.3 is 12.0 Å². The summed E-state index contributed by atoms with van der Waals surface area (Å²) in [6, 6.07) is 4.18. The zero-order valence-electron chi connectivity index (χ0n) is 14.1. The first-order valence-electron chi connectivity index (χ1n) is 7.48. The normalized spacial score (nSPS) is 11.5. The van der Waals surface area contributed by atoms with Gasteiger partial charge in [0.15, 0.2) is 11.5 Å². The molecular formula is C16H24N2O5S.